The second kappa shape index (κ2) is 12.6. The highest BCUT2D eigenvalue weighted by molar-refractivity contribution is 8.04. The summed E-state index contributed by atoms with van der Waals surface area (Å²) in [5.74, 6) is -0.657. The van der Waals surface area contributed by atoms with E-state index in [-0.39, 0.29) is 4.90 Å². The van der Waals surface area contributed by atoms with E-state index in [0.29, 0.717) is 12.3 Å². The minimum absolute atomic E-state index is 0.0662. The number of ether oxygens (including phenoxy) is 1. The molecule has 5 nitrogen and oxygen atoms in total. The fourth-order valence-corrected chi connectivity index (χ4v) is 4.04. The van der Waals surface area contributed by atoms with Gasteiger partial charge in [0.15, 0.2) is 16.6 Å². The van der Waals surface area contributed by atoms with E-state index in [1.807, 2.05) is 0 Å². The molecule has 26 heavy (non-hydrogen) atoms. The predicted octanol–water partition coefficient (Wildman–Crippen LogP) is 5.99. The number of nitrogens with one attached hydrogen (secondary N) is 1. The number of esters is 1. The monoisotopic (exact) mass is 439 g/mol. The number of halogens is 2. The van der Waals surface area contributed by atoms with Crippen molar-refractivity contribution < 1.29 is 17.9 Å². The van der Waals surface area contributed by atoms with Crippen molar-refractivity contribution in [1.29, 1.82) is 0 Å². The van der Waals surface area contributed by atoms with E-state index in [1.54, 1.807) is 12.1 Å². The molecule has 0 radical (unpaired) electrons. The maximum absolute atomic E-state index is 12.2. The van der Waals surface area contributed by atoms with Gasteiger partial charge in [-0.05, 0) is 30.7 Å². The largest absolute Gasteiger partial charge is 0.463 e. The van der Waals surface area contributed by atoms with E-state index in [1.165, 1.54) is 31.4 Å². The first-order valence-electron chi connectivity index (χ1n) is 8.43. The number of anilines is 1. The zero-order valence-corrected chi connectivity index (χ0v) is 17.9. The first-order chi connectivity index (χ1) is 12.3. The van der Waals surface area contributed by atoms with E-state index in [2.05, 4.69) is 12.0 Å². The number of hydrogen-bond acceptors (Lipinski definition) is 5. The van der Waals surface area contributed by atoms with Crippen LogP contribution >= 0.6 is 29.3 Å². The van der Waals surface area contributed by atoms with Gasteiger partial charge in [-0.1, -0.05) is 61.5 Å². The fraction of sp³-hybridized carbons (Fsp3) is 0.471. The summed E-state index contributed by atoms with van der Waals surface area (Å²) in [5.41, 5.74) is 0.613. The number of unbranched alkanes of at least 4 members (excludes halogenated alkanes) is 5. The molecule has 0 saturated heterocycles. The van der Waals surface area contributed by atoms with Crippen LogP contribution in [0.15, 0.2) is 40.6 Å². The molecule has 0 spiro atoms. The third kappa shape index (κ3) is 9.77. The van der Waals surface area contributed by atoms with Crippen LogP contribution in [0, 0.1) is 0 Å². The van der Waals surface area contributed by atoms with Gasteiger partial charge in [0, 0.05) is 17.2 Å². The molecule has 9 heteroatoms. The van der Waals surface area contributed by atoms with Gasteiger partial charge in [0.25, 0.3) is 0 Å². The maximum Gasteiger partial charge on any atom is 0.331 e. The van der Waals surface area contributed by atoms with E-state index in [4.69, 9.17) is 27.2 Å². The van der Waals surface area contributed by atoms with Gasteiger partial charge >= 0.3 is 5.97 Å². The van der Waals surface area contributed by atoms with Crippen LogP contribution in [0.4, 0.5) is 5.69 Å². The molecule has 0 bridgehead atoms. The molecule has 0 aliphatic heterocycles. The van der Waals surface area contributed by atoms with Gasteiger partial charge in [0.05, 0.1) is 11.5 Å². The highest BCUT2D eigenvalue weighted by Crippen LogP contribution is 2.46. The van der Waals surface area contributed by atoms with Gasteiger partial charge in [0.1, 0.15) is 0 Å². The second-order valence-electron chi connectivity index (χ2n) is 5.65. The summed E-state index contributed by atoms with van der Waals surface area (Å²) in [4.78, 5) is 11.7. The minimum Gasteiger partial charge on any atom is -0.463 e. The molecule has 0 amide bonds. The Morgan fingerprint density at radius 3 is 2.35 bits per heavy atom. The quantitative estimate of drug-likeness (QED) is 0.187. The van der Waals surface area contributed by atoms with Crippen molar-refractivity contribution in [2.45, 2.75) is 50.3 Å². The predicted molar refractivity (Wildman–Crippen MR) is 109 cm³/mol. The Balaban J connectivity index is 2.43. The van der Waals surface area contributed by atoms with Crippen molar-refractivity contribution in [3.05, 3.63) is 35.7 Å². The number of carbonyl (C=O) groups excluding carboxylic acids is 1. The Morgan fingerprint density at radius 2 is 1.73 bits per heavy atom. The Morgan fingerprint density at radius 1 is 1.12 bits per heavy atom. The van der Waals surface area contributed by atoms with Gasteiger partial charge in [0.2, 0.25) is 0 Å². The topological polar surface area (TPSA) is 72.5 Å². The lowest BCUT2D eigenvalue weighted by Crippen LogP contribution is -2.04. The average molecular weight is 440 g/mol. The third-order valence-electron chi connectivity index (χ3n) is 3.52. The van der Waals surface area contributed by atoms with Crippen molar-refractivity contribution >= 4 is 50.8 Å². The number of carbonyl (C=O) groups is 1. The maximum atomic E-state index is 12.2. The molecule has 1 aromatic carbocycles. The van der Waals surface area contributed by atoms with Crippen molar-refractivity contribution in [2.24, 2.45) is 0 Å². The smallest absolute Gasteiger partial charge is 0.331 e. The van der Waals surface area contributed by atoms with Gasteiger partial charge in [-0.15, -0.1) is 0 Å². The Hall–Kier alpha value is -0.810. The van der Waals surface area contributed by atoms with Gasteiger partial charge < -0.3 is 9.82 Å². The standard InChI is InChI=1S/C17H24Cl2NO4PS/c1-2-3-4-5-6-7-13-24-17(21)12-14-26(22,23)16-10-8-15(9-11-16)20-25(18)19/h8-12,14,20H,2-7,13H2,1H3. The SMILES string of the molecule is CCCCCCCCOC(=O)C=CS(=O)(=O)c1ccc(NP(Cl)Cl)cc1. The van der Waals surface area contributed by atoms with E-state index < -0.39 is 22.6 Å². The summed E-state index contributed by atoms with van der Waals surface area (Å²) in [7, 11) is -3.72. The van der Waals surface area contributed by atoms with Crippen LogP contribution in [-0.2, 0) is 19.4 Å². The highest BCUT2D eigenvalue weighted by atomic mass is 35.9. The third-order valence-corrected chi connectivity index (χ3v) is 5.88. The van der Waals surface area contributed by atoms with Crippen LogP contribution in [0.25, 0.3) is 0 Å². The molecule has 1 rings (SSSR count). The first-order valence-corrected chi connectivity index (χ1v) is 13.1. The van der Waals surface area contributed by atoms with E-state index in [0.717, 1.165) is 30.7 Å². The lowest BCUT2D eigenvalue weighted by molar-refractivity contribution is -0.137. The molecule has 0 fully saturated rings. The van der Waals surface area contributed by atoms with Crippen LogP contribution in [0.5, 0.6) is 0 Å². The second-order valence-corrected chi connectivity index (χ2v) is 10.7. The summed E-state index contributed by atoms with van der Waals surface area (Å²) < 4.78 is 29.4. The molecule has 0 aliphatic rings. The molecular weight excluding hydrogens is 416 g/mol. The summed E-state index contributed by atoms with van der Waals surface area (Å²) in [6.07, 6.45) is 7.45. The number of benzene rings is 1. The van der Waals surface area contributed by atoms with Crippen molar-refractivity contribution in [3.8, 4) is 0 Å². The molecule has 0 saturated carbocycles. The van der Waals surface area contributed by atoms with Crippen molar-refractivity contribution in [2.75, 3.05) is 11.7 Å². The number of rotatable bonds is 12. The molecular formula is C17H24Cl2NO4PS. The molecule has 0 unspecified atom stereocenters. The summed E-state index contributed by atoms with van der Waals surface area (Å²) in [5, 5.41) is 3.64. The van der Waals surface area contributed by atoms with Crippen LogP contribution in [0.2, 0.25) is 0 Å². The molecule has 1 N–H and O–H groups in total. The normalized spacial score (nSPS) is 11.8. The van der Waals surface area contributed by atoms with E-state index >= 15 is 0 Å². The molecule has 0 atom stereocenters. The fourth-order valence-electron chi connectivity index (χ4n) is 2.14. The Labute approximate surface area is 166 Å². The highest BCUT2D eigenvalue weighted by Gasteiger charge is 2.12. The molecule has 146 valence electrons. The van der Waals surface area contributed by atoms with Gasteiger partial charge in [-0.25, -0.2) is 13.2 Å². The Bertz CT molecular complexity index is 679. The molecule has 0 aromatic heterocycles. The van der Waals surface area contributed by atoms with Gasteiger partial charge in [-0.3, -0.25) is 0 Å². The summed E-state index contributed by atoms with van der Waals surface area (Å²) in [6, 6.07) is 5.93. The van der Waals surface area contributed by atoms with Crippen LogP contribution in [0.1, 0.15) is 45.4 Å². The molecule has 0 heterocycles. The lowest BCUT2D eigenvalue weighted by atomic mass is 10.1. The lowest BCUT2D eigenvalue weighted by Gasteiger charge is -2.06. The number of sulfone groups is 1. The first kappa shape index (κ1) is 23.2. The zero-order chi connectivity index (χ0) is 19.4. The minimum atomic E-state index is -3.72. The Kier molecular flexibility index (Phi) is 11.2. The van der Waals surface area contributed by atoms with Crippen molar-refractivity contribution in [3.63, 3.8) is 0 Å². The summed E-state index contributed by atoms with van der Waals surface area (Å²) >= 11 is 11.3. The average Bonchev–Trinajstić information content (AvgIpc) is 2.59. The van der Waals surface area contributed by atoms with Gasteiger partial charge in [-0.2, -0.15) is 0 Å². The van der Waals surface area contributed by atoms with Crippen molar-refractivity contribution in [1.82, 2.24) is 0 Å². The van der Waals surface area contributed by atoms with E-state index in [9.17, 15) is 13.2 Å². The zero-order valence-electron chi connectivity index (χ0n) is 14.7. The van der Waals surface area contributed by atoms with Crippen LogP contribution in [0.3, 0.4) is 0 Å². The van der Waals surface area contributed by atoms with Crippen LogP contribution in [-0.4, -0.2) is 21.0 Å². The molecule has 1 aromatic rings. The molecule has 0 aliphatic carbocycles. The summed E-state index contributed by atoms with van der Waals surface area (Å²) in [6.45, 7) is 1.08. The number of hydrogen-bond donors (Lipinski definition) is 1. The van der Waals surface area contributed by atoms with Crippen LogP contribution < -0.4 is 5.09 Å².